The van der Waals surface area contributed by atoms with Gasteiger partial charge in [0.05, 0.1) is 16.7 Å². The van der Waals surface area contributed by atoms with E-state index in [1.54, 1.807) is 12.1 Å². The zero-order chi connectivity index (χ0) is 19.4. The van der Waals surface area contributed by atoms with Crippen molar-refractivity contribution in [2.45, 2.75) is 45.4 Å². The summed E-state index contributed by atoms with van der Waals surface area (Å²) in [5.74, 6) is 0.892. The highest BCUT2D eigenvalue weighted by atomic mass is 79.9. The van der Waals surface area contributed by atoms with E-state index >= 15 is 0 Å². The third-order valence-corrected chi connectivity index (χ3v) is 5.14. The van der Waals surface area contributed by atoms with Gasteiger partial charge in [-0.25, -0.2) is 0 Å². The van der Waals surface area contributed by atoms with Crippen LogP contribution in [0.4, 0.5) is 0 Å². The highest BCUT2D eigenvalue weighted by Gasteiger charge is 2.01. The fourth-order valence-electron chi connectivity index (χ4n) is 2.14. The van der Waals surface area contributed by atoms with Gasteiger partial charge in [-0.15, -0.1) is 0 Å². The number of aromatic hydroxyl groups is 1. The molecule has 1 N–H and O–H groups in total. The summed E-state index contributed by atoms with van der Waals surface area (Å²) in [4.78, 5) is 0. The molecular weight excluding hydrogens is 503 g/mol. The molecule has 0 unspecified atom stereocenters. The second-order valence-corrected chi connectivity index (χ2v) is 8.43. The van der Waals surface area contributed by atoms with Crippen LogP contribution in [-0.2, 0) is 0 Å². The van der Waals surface area contributed by atoms with E-state index in [0.29, 0.717) is 10.0 Å². The monoisotopic (exact) mass is 524 g/mol. The number of unbranched alkanes of at least 4 members (excludes halogenated alkanes) is 5. The third kappa shape index (κ3) is 10.1. The topological polar surface area (TPSA) is 29.5 Å². The van der Waals surface area contributed by atoms with E-state index in [-0.39, 0.29) is 5.75 Å². The average molecular weight is 527 g/mol. The Kier molecular flexibility index (Phi) is 12.4. The standard InChI is InChI=1S/C14H20BrClO.C6H4BrClO/c1-2-3-4-5-6-7-10-17-14-9-8-12(15)11-13(14)16;7-4-1-2-6(9)5(8)3-4/h8-9,11H,2-7,10H2,1H3;1-3,9H. The van der Waals surface area contributed by atoms with Crippen molar-refractivity contribution >= 4 is 55.1 Å². The van der Waals surface area contributed by atoms with E-state index in [9.17, 15) is 0 Å². The average Bonchev–Trinajstić information content (AvgIpc) is 2.60. The molecule has 0 aliphatic carbocycles. The minimum absolute atomic E-state index is 0.111. The van der Waals surface area contributed by atoms with Crippen molar-refractivity contribution in [1.29, 1.82) is 0 Å². The van der Waals surface area contributed by atoms with Crippen molar-refractivity contribution in [1.82, 2.24) is 0 Å². The van der Waals surface area contributed by atoms with Crippen molar-refractivity contribution in [3.63, 3.8) is 0 Å². The van der Waals surface area contributed by atoms with Crippen LogP contribution in [0.25, 0.3) is 0 Å². The Hall–Kier alpha value is -0.420. The number of benzene rings is 2. The smallest absolute Gasteiger partial charge is 0.137 e. The van der Waals surface area contributed by atoms with Crippen molar-refractivity contribution in [2.24, 2.45) is 0 Å². The van der Waals surface area contributed by atoms with Crippen LogP contribution in [0.2, 0.25) is 10.0 Å². The first-order valence-corrected chi connectivity index (χ1v) is 11.0. The molecule has 0 spiro atoms. The molecule has 0 fully saturated rings. The molecule has 0 aliphatic heterocycles. The zero-order valence-electron chi connectivity index (χ0n) is 14.8. The number of hydrogen-bond donors (Lipinski definition) is 1. The van der Waals surface area contributed by atoms with Crippen LogP contribution in [0.3, 0.4) is 0 Å². The van der Waals surface area contributed by atoms with Gasteiger partial charge in [-0.05, 0) is 42.8 Å². The normalized spacial score (nSPS) is 10.2. The number of rotatable bonds is 8. The molecule has 0 amide bonds. The highest BCUT2D eigenvalue weighted by molar-refractivity contribution is 9.10. The number of ether oxygens (including phenoxy) is 1. The molecule has 0 aromatic heterocycles. The third-order valence-electron chi connectivity index (χ3n) is 3.56. The molecule has 26 heavy (non-hydrogen) atoms. The van der Waals surface area contributed by atoms with E-state index in [2.05, 4.69) is 38.8 Å². The van der Waals surface area contributed by atoms with Crippen LogP contribution < -0.4 is 4.74 Å². The van der Waals surface area contributed by atoms with Gasteiger partial charge in [-0.2, -0.15) is 0 Å². The van der Waals surface area contributed by atoms with Crippen LogP contribution in [0, 0.1) is 0 Å². The first kappa shape index (κ1) is 23.6. The SMILES string of the molecule is CCCCCCCCOc1ccc(Br)cc1Cl.Oc1ccc(Br)cc1Cl. The maximum Gasteiger partial charge on any atom is 0.137 e. The molecule has 0 radical (unpaired) electrons. The van der Waals surface area contributed by atoms with E-state index in [1.807, 2.05) is 18.2 Å². The van der Waals surface area contributed by atoms with Crippen LogP contribution in [0.1, 0.15) is 45.4 Å². The van der Waals surface area contributed by atoms with E-state index in [4.69, 9.17) is 33.0 Å². The Bertz CT molecular complexity index is 666. The van der Waals surface area contributed by atoms with Gasteiger partial charge in [0, 0.05) is 8.95 Å². The molecule has 6 heteroatoms. The number of hydrogen-bond acceptors (Lipinski definition) is 2. The van der Waals surface area contributed by atoms with Gasteiger partial charge in [0.15, 0.2) is 0 Å². The second-order valence-electron chi connectivity index (χ2n) is 5.79. The predicted octanol–water partition coefficient (Wildman–Crippen LogP) is 8.65. The van der Waals surface area contributed by atoms with Crippen molar-refractivity contribution in [3.8, 4) is 11.5 Å². The minimum Gasteiger partial charge on any atom is -0.506 e. The lowest BCUT2D eigenvalue weighted by molar-refractivity contribution is 0.304. The second kappa shape index (κ2) is 13.7. The molecule has 0 atom stereocenters. The lowest BCUT2D eigenvalue weighted by Crippen LogP contribution is -1.97. The summed E-state index contributed by atoms with van der Waals surface area (Å²) in [5, 5.41) is 9.93. The zero-order valence-corrected chi connectivity index (χ0v) is 19.5. The van der Waals surface area contributed by atoms with Crippen LogP contribution in [0.15, 0.2) is 45.3 Å². The maximum atomic E-state index is 8.89. The van der Waals surface area contributed by atoms with E-state index in [1.165, 1.54) is 38.2 Å². The molecule has 2 rings (SSSR count). The van der Waals surface area contributed by atoms with Crippen molar-refractivity contribution in [2.75, 3.05) is 6.61 Å². The van der Waals surface area contributed by atoms with Crippen molar-refractivity contribution in [3.05, 3.63) is 55.4 Å². The minimum atomic E-state index is 0.111. The summed E-state index contributed by atoms with van der Waals surface area (Å²) in [6.07, 6.45) is 7.65. The molecular formula is C20H24Br2Cl2O2. The van der Waals surface area contributed by atoms with Gasteiger partial charge >= 0.3 is 0 Å². The first-order chi connectivity index (χ1) is 12.4. The van der Waals surface area contributed by atoms with Crippen molar-refractivity contribution < 1.29 is 9.84 Å². The molecule has 2 nitrogen and oxygen atoms in total. The fourth-order valence-corrected chi connectivity index (χ4v) is 3.54. The van der Waals surface area contributed by atoms with Gasteiger partial charge in [0.2, 0.25) is 0 Å². The molecule has 2 aromatic carbocycles. The Morgan fingerprint density at radius 1 is 0.846 bits per heavy atom. The van der Waals surface area contributed by atoms with Gasteiger partial charge in [-0.3, -0.25) is 0 Å². The molecule has 0 heterocycles. The van der Waals surface area contributed by atoms with Gasteiger partial charge in [0.25, 0.3) is 0 Å². The predicted molar refractivity (Wildman–Crippen MR) is 119 cm³/mol. The molecule has 144 valence electrons. The molecule has 0 saturated carbocycles. The quantitative estimate of drug-likeness (QED) is 0.349. The lowest BCUT2D eigenvalue weighted by Gasteiger charge is -2.08. The molecule has 0 aliphatic rings. The Balaban J connectivity index is 0.000000314. The Morgan fingerprint density at radius 3 is 2.00 bits per heavy atom. The van der Waals surface area contributed by atoms with Crippen LogP contribution in [-0.4, -0.2) is 11.7 Å². The summed E-state index contributed by atoms with van der Waals surface area (Å²) in [6.45, 7) is 2.99. The summed E-state index contributed by atoms with van der Waals surface area (Å²) in [6, 6.07) is 10.6. The largest absolute Gasteiger partial charge is 0.506 e. The summed E-state index contributed by atoms with van der Waals surface area (Å²) >= 11 is 18.2. The number of halogens is 4. The number of phenolic OH excluding ortho intramolecular Hbond substituents is 1. The Morgan fingerprint density at radius 2 is 1.42 bits per heavy atom. The van der Waals surface area contributed by atoms with Crippen LogP contribution in [0.5, 0.6) is 11.5 Å². The molecule has 0 saturated heterocycles. The van der Waals surface area contributed by atoms with Gasteiger partial charge in [0.1, 0.15) is 11.5 Å². The maximum absolute atomic E-state index is 8.89. The van der Waals surface area contributed by atoms with E-state index in [0.717, 1.165) is 27.7 Å². The highest BCUT2D eigenvalue weighted by Crippen LogP contribution is 2.28. The van der Waals surface area contributed by atoms with Crippen LogP contribution >= 0.6 is 55.1 Å². The molecule has 0 bridgehead atoms. The van der Waals surface area contributed by atoms with E-state index < -0.39 is 0 Å². The van der Waals surface area contributed by atoms with Gasteiger partial charge in [-0.1, -0.05) is 94.1 Å². The summed E-state index contributed by atoms with van der Waals surface area (Å²) in [7, 11) is 0. The number of phenols is 1. The first-order valence-electron chi connectivity index (χ1n) is 8.66. The van der Waals surface area contributed by atoms with Gasteiger partial charge < -0.3 is 9.84 Å². The molecule has 2 aromatic rings. The Labute approximate surface area is 183 Å². The lowest BCUT2D eigenvalue weighted by atomic mass is 10.1. The fraction of sp³-hybridized carbons (Fsp3) is 0.400. The summed E-state index contributed by atoms with van der Waals surface area (Å²) < 4.78 is 7.49. The summed E-state index contributed by atoms with van der Waals surface area (Å²) in [5.41, 5.74) is 0.